The van der Waals surface area contributed by atoms with E-state index in [1.165, 1.54) is 0 Å². The van der Waals surface area contributed by atoms with Crippen molar-refractivity contribution in [3.63, 3.8) is 0 Å². The number of rotatable bonds is 5. The Morgan fingerprint density at radius 1 is 1.35 bits per heavy atom. The first-order valence-electron chi connectivity index (χ1n) is 8.91. The maximum absolute atomic E-state index is 12.8. The summed E-state index contributed by atoms with van der Waals surface area (Å²) in [6.07, 6.45) is 9.09. The minimum atomic E-state index is -0.255. The van der Waals surface area contributed by atoms with E-state index in [9.17, 15) is 9.90 Å². The molecule has 0 unspecified atom stereocenters. The smallest absolute Gasteiger partial charge is 0.271 e. The second kappa shape index (κ2) is 6.88. The van der Waals surface area contributed by atoms with Crippen molar-refractivity contribution >= 4 is 11.6 Å². The molecule has 0 aliphatic heterocycles. The monoisotopic (exact) mass is 350 g/mol. The Morgan fingerprint density at radius 2 is 2.12 bits per heavy atom. The molecule has 0 radical (unpaired) electrons. The first kappa shape index (κ1) is 16.7. The zero-order valence-electron chi connectivity index (χ0n) is 14.7. The van der Waals surface area contributed by atoms with Crippen molar-refractivity contribution in [2.24, 2.45) is 5.92 Å². The molecule has 1 aliphatic rings. The SMILES string of the molecule is Cc1ccn2cc(C(=O)N[C@H](Cc3ccncc3)C3CC(O)C3)nc2c1. The van der Waals surface area contributed by atoms with E-state index in [1.54, 1.807) is 18.6 Å². The van der Waals surface area contributed by atoms with Gasteiger partial charge in [-0.15, -0.1) is 0 Å². The third-order valence-electron chi connectivity index (χ3n) is 5.09. The first-order chi connectivity index (χ1) is 12.6. The minimum Gasteiger partial charge on any atom is -0.393 e. The lowest BCUT2D eigenvalue weighted by atomic mass is 9.75. The molecule has 1 atom stereocenters. The molecule has 1 saturated carbocycles. The standard InChI is InChI=1S/C20H22N4O2/c1-13-4-7-24-12-18(22-19(24)8-13)20(26)23-17(15-10-16(25)11-15)9-14-2-5-21-6-3-14/h2-8,12,15-17,25H,9-11H2,1H3,(H,23,26)/t15?,16?,17-/m1/s1. The number of nitrogens with zero attached hydrogens (tertiary/aromatic N) is 3. The van der Waals surface area contributed by atoms with Gasteiger partial charge in [-0.2, -0.15) is 0 Å². The second-order valence-electron chi connectivity index (χ2n) is 7.12. The minimum absolute atomic E-state index is 0.0279. The number of carbonyl (C=O) groups excluding carboxylic acids is 1. The van der Waals surface area contributed by atoms with E-state index in [-0.39, 0.29) is 24.0 Å². The molecule has 0 spiro atoms. The van der Waals surface area contributed by atoms with Gasteiger partial charge in [0.25, 0.3) is 5.91 Å². The molecule has 0 saturated heterocycles. The highest BCUT2D eigenvalue weighted by atomic mass is 16.3. The second-order valence-corrected chi connectivity index (χ2v) is 7.12. The van der Waals surface area contributed by atoms with Crippen molar-refractivity contribution in [2.75, 3.05) is 0 Å². The fourth-order valence-electron chi connectivity index (χ4n) is 3.50. The molecule has 6 heteroatoms. The van der Waals surface area contributed by atoms with Gasteiger partial charge in [0, 0.05) is 30.8 Å². The van der Waals surface area contributed by atoms with Crippen molar-refractivity contribution in [2.45, 2.75) is 38.3 Å². The van der Waals surface area contributed by atoms with Crippen LogP contribution in [0, 0.1) is 12.8 Å². The van der Waals surface area contributed by atoms with Crippen LogP contribution in [-0.4, -0.2) is 37.5 Å². The highest BCUT2D eigenvalue weighted by molar-refractivity contribution is 5.93. The lowest BCUT2D eigenvalue weighted by Crippen LogP contribution is -2.48. The molecule has 1 aliphatic carbocycles. The summed E-state index contributed by atoms with van der Waals surface area (Å²) < 4.78 is 1.85. The Kier molecular flexibility index (Phi) is 4.42. The van der Waals surface area contributed by atoms with Crippen LogP contribution in [0.4, 0.5) is 0 Å². The highest BCUT2D eigenvalue weighted by Crippen LogP contribution is 2.31. The number of hydrogen-bond donors (Lipinski definition) is 2. The molecule has 2 N–H and O–H groups in total. The normalized spacial score (nSPS) is 20.5. The van der Waals surface area contributed by atoms with E-state index in [1.807, 2.05) is 41.8 Å². The number of amides is 1. The zero-order chi connectivity index (χ0) is 18.1. The van der Waals surface area contributed by atoms with Crippen LogP contribution in [0.3, 0.4) is 0 Å². The van der Waals surface area contributed by atoms with Gasteiger partial charge in [-0.05, 0) is 67.5 Å². The number of aromatic nitrogens is 3. The van der Waals surface area contributed by atoms with Crippen LogP contribution in [0.2, 0.25) is 0 Å². The van der Waals surface area contributed by atoms with Crippen LogP contribution < -0.4 is 5.32 Å². The van der Waals surface area contributed by atoms with Gasteiger partial charge in [0.05, 0.1) is 6.10 Å². The van der Waals surface area contributed by atoms with Gasteiger partial charge in [-0.25, -0.2) is 4.98 Å². The van der Waals surface area contributed by atoms with Gasteiger partial charge in [0.15, 0.2) is 0 Å². The Morgan fingerprint density at radius 3 is 2.85 bits per heavy atom. The van der Waals surface area contributed by atoms with Gasteiger partial charge < -0.3 is 14.8 Å². The Balaban J connectivity index is 1.52. The maximum atomic E-state index is 12.8. The Hall–Kier alpha value is -2.73. The van der Waals surface area contributed by atoms with Gasteiger partial charge in [-0.1, -0.05) is 0 Å². The van der Waals surface area contributed by atoms with Crippen LogP contribution >= 0.6 is 0 Å². The molecule has 26 heavy (non-hydrogen) atoms. The summed E-state index contributed by atoms with van der Waals surface area (Å²) in [5, 5.41) is 12.8. The molecule has 6 nitrogen and oxygen atoms in total. The number of fused-ring (bicyclic) bond motifs is 1. The van der Waals surface area contributed by atoms with E-state index < -0.39 is 0 Å². The zero-order valence-corrected chi connectivity index (χ0v) is 14.7. The molecule has 0 bridgehead atoms. The molecule has 3 heterocycles. The van der Waals surface area contributed by atoms with Crippen LogP contribution in [0.5, 0.6) is 0 Å². The average molecular weight is 350 g/mol. The van der Waals surface area contributed by atoms with Crippen LogP contribution in [0.1, 0.15) is 34.5 Å². The van der Waals surface area contributed by atoms with Gasteiger partial charge in [0.1, 0.15) is 11.3 Å². The first-order valence-corrected chi connectivity index (χ1v) is 8.91. The van der Waals surface area contributed by atoms with Crippen LogP contribution in [-0.2, 0) is 6.42 Å². The molecule has 3 aromatic heterocycles. The van der Waals surface area contributed by atoms with E-state index >= 15 is 0 Å². The number of aliphatic hydroxyl groups excluding tert-OH is 1. The summed E-state index contributed by atoms with van der Waals surface area (Å²) in [7, 11) is 0. The summed E-state index contributed by atoms with van der Waals surface area (Å²) in [4.78, 5) is 21.3. The number of aryl methyl sites for hydroxylation is 1. The maximum Gasteiger partial charge on any atom is 0.271 e. The fraction of sp³-hybridized carbons (Fsp3) is 0.350. The average Bonchev–Trinajstić information content (AvgIpc) is 3.02. The van der Waals surface area contributed by atoms with E-state index in [0.717, 1.165) is 36.0 Å². The number of pyridine rings is 2. The molecule has 1 amide bonds. The lowest BCUT2D eigenvalue weighted by molar-refractivity contribution is 0.0239. The predicted octanol–water partition coefficient (Wildman–Crippen LogP) is 2.15. The number of aliphatic hydroxyl groups is 1. The van der Waals surface area contributed by atoms with Gasteiger partial charge in [0.2, 0.25) is 0 Å². The number of hydrogen-bond acceptors (Lipinski definition) is 4. The summed E-state index contributed by atoms with van der Waals surface area (Å²) in [6.45, 7) is 2.00. The van der Waals surface area contributed by atoms with Crippen molar-refractivity contribution in [3.8, 4) is 0 Å². The summed E-state index contributed by atoms with van der Waals surface area (Å²) in [5.74, 6) is 0.105. The largest absolute Gasteiger partial charge is 0.393 e. The van der Waals surface area contributed by atoms with Crippen LogP contribution in [0.15, 0.2) is 49.1 Å². The molecular weight excluding hydrogens is 328 g/mol. The van der Waals surface area contributed by atoms with Gasteiger partial charge >= 0.3 is 0 Å². The topological polar surface area (TPSA) is 79.5 Å². The highest BCUT2D eigenvalue weighted by Gasteiger charge is 2.35. The predicted molar refractivity (Wildman–Crippen MR) is 97.9 cm³/mol. The third kappa shape index (κ3) is 3.46. The van der Waals surface area contributed by atoms with Crippen molar-refractivity contribution in [3.05, 3.63) is 65.9 Å². The van der Waals surface area contributed by atoms with Crippen LogP contribution in [0.25, 0.3) is 5.65 Å². The molecule has 1 fully saturated rings. The van der Waals surface area contributed by atoms with E-state index in [4.69, 9.17) is 0 Å². The van der Waals surface area contributed by atoms with Crippen molar-refractivity contribution < 1.29 is 9.90 Å². The Bertz CT molecular complexity index is 916. The Labute approximate surface area is 151 Å². The van der Waals surface area contributed by atoms with E-state index in [0.29, 0.717) is 5.69 Å². The third-order valence-corrected chi connectivity index (χ3v) is 5.09. The molecule has 0 aromatic carbocycles. The van der Waals surface area contributed by atoms with Crippen molar-refractivity contribution in [1.29, 1.82) is 0 Å². The number of carbonyl (C=O) groups is 1. The molecule has 4 rings (SSSR count). The molecular formula is C20H22N4O2. The molecule has 3 aromatic rings. The summed E-state index contributed by atoms with van der Waals surface area (Å²) in [6, 6.07) is 7.83. The molecule has 134 valence electrons. The summed E-state index contributed by atoms with van der Waals surface area (Å²) >= 11 is 0. The van der Waals surface area contributed by atoms with E-state index in [2.05, 4.69) is 15.3 Å². The number of imidazole rings is 1. The quantitative estimate of drug-likeness (QED) is 0.739. The fourth-order valence-corrected chi connectivity index (χ4v) is 3.50. The van der Waals surface area contributed by atoms with Gasteiger partial charge in [-0.3, -0.25) is 9.78 Å². The van der Waals surface area contributed by atoms with Crippen molar-refractivity contribution in [1.82, 2.24) is 19.7 Å². The summed E-state index contributed by atoms with van der Waals surface area (Å²) in [5.41, 5.74) is 3.40. The lowest BCUT2D eigenvalue weighted by Gasteiger charge is -2.38. The number of nitrogens with one attached hydrogen (secondary N) is 1.